The van der Waals surface area contributed by atoms with Gasteiger partial charge in [-0.15, -0.1) is 0 Å². The molecule has 17 nitrogen and oxygen atoms in total. The summed E-state index contributed by atoms with van der Waals surface area (Å²) in [7, 11) is 0. The van der Waals surface area contributed by atoms with E-state index < -0.39 is 73.6 Å². The largest absolute Gasteiger partial charge is 0.460 e. The fourth-order valence-electron chi connectivity index (χ4n) is 9.94. The predicted octanol–water partition coefficient (Wildman–Crippen LogP) is 9.24. The normalized spacial score (nSPS) is 13.0. The van der Waals surface area contributed by atoms with E-state index >= 15 is 0 Å². The number of nitrogens with one attached hydrogen (secondary N) is 6. The minimum Gasteiger partial charge on any atom is -0.460 e. The van der Waals surface area contributed by atoms with E-state index in [1.807, 2.05) is 18.2 Å². The smallest absolute Gasteiger partial charge is 0.325 e. The summed E-state index contributed by atoms with van der Waals surface area (Å²) in [5.74, 6) is -4.35. The number of hydrogen-bond donors (Lipinski definition) is 6. The first kappa shape index (κ1) is 70.0. The summed E-state index contributed by atoms with van der Waals surface area (Å²) >= 11 is 0. The molecule has 6 N–H and O–H groups in total. The van der Waals surface area contributed by atoms with Gasteiger partial charge in [-0.2, -0.15) is 0 Å². The fourth-order valence-corrected chi connectivity index (χ4v) is 9.94. The number of unbranched alkanes of at least 4 members (excludes halogenated alkanes) is 30. The lowest BCUT2D eigenvalue weighted by atomic mass is 10.0. The van der Waals surface area contributed by atoms with Crippen molar-refractivity contribution in [2.24, 2.45) is 0 Å². The first-order chi connectivity index (χ1) is 38.5. The van der Waals surface area contributed by atoms with Gasteiger partial charge in [-0.1, -0.05) is 237 Å². The highest BCUT2D eigenvalue weighted by molar-refractivity contribution is 5.94. The highest BCUT2D eigenvalue weighted by Gasteiger charge is 2.34. The maximum atomic E-state index is 13.1. The molecule has 1 aromatic rings. The molecule has 0 unspecified atom stereocenters. The zero-order valence-corrected chi connectivity index (χ0v) is 49.4. The van der Waals surface area contributed by atoms with Crippen molar-refractivity contribution >= 4 is 47.3 Å². The molecular formula is C62H108N8O9. The molecule has 0 spiro atoms. The predicted molar refractivity (Wildman–Crippen MR) is 315 cm³/mol. The molecule has 1 heterocycles. The SMILES string of the molecule is CCCCCCCCCCCCCCCCCCN(CCCCCCCCCCCCCCCCCC)CC(=O)NCC(=O)NCC(=O)NCC(=O)N1CCC[C@H]1C(=O)NCC(=O)NCC(=O)NCC(=O)OCc1ccccc1. The Balaban J connectivity index is 1.64. The molecule has 450 valence electrons. The van der Waals surface area contributed by atoms with Gasteiger partial charge >= 0.3 is 5.97 Å². The van der Waals surface area contributed by atoms with Crippen molar-refractivity contribution in [3.63, 3.8) is 0 Å². The zero-order valence-electron chi connectivity index (χ0n) is 49.4. The van der Waals surface area contributed by atoms with E-state index in [9.17, 15) is 38.4 Å². The second-order valence-electron chi connectivity index (χ2n) is 21.9. The van der Waals surface area contributed by atoms with Gasteiger partial charge in [0, 0.05) is 6.54 Å². The quantitative estimate of drug-likeness (QED) is 0.0268. The van der Waals surface area contributed by atoms with Gasteiger partial charge < -0.3 is 41.5 Å². The molecule has 17 heteroatoms. The van der Waals surface area contributed by atoms with Gasteiger partial charge in [-0.25, -0.2) is 0 Å². The Morgan fingerprint density at radius 3 is 1.22 bits per heavy atom. The summed E-state index contributed by atoms with van der Waals surface area (Å²) in [6.45, 7) is 4.44. The van der Waals surface area contributed by atoms with Crippen LogP contribution in [0.4, 0.5) is 0 Å². The Kier molecular flexibility index (Phi) is 43.3. The molecule has 1 saturated heterocycles. The number of likely N-dealkylation sites (tertiary alicyclic amines) is 1. The fraction of sp³-hybridized carbons (Fsp3) is 0.774. The Hall–Kier alpha value is -5.06. The van der Waals surface area contributed by atoms with Crippen molar-refractivity contribution < 1.29 is 43.1 Å². The third-order valence-corrected chi connectivity index (χ3v) is 14.8. The van der Waals surface area contributed by atoms with Gasteiger partial charge in [-0.05, 0) is 44.3 Å². The molecule has 79 heavy (non-hydrogen) atoms. The molecule has 1 aliphatic heterocycles. The summed E-state index contributed by atoms with van der Waals surface area (Å²) in [4.78, 5) is 104. The lowest BCUT2D eigenvalue weighted by Crippen LogP contribution is -2.51. The third kappa shape index (κ3) is 39.9. The summed E-state index contributed by atoms with van der Waals surface area (Å²) in [5, 5.41) is 14.9. The van der Waals surface area contributed by atoms with Crippen LogP contribution in [0.25, 0.3) is 0 Å². The molecule has 0 radical (unpaired) electrons. The molecule has 0 bridgehead atoms. The molecule has 1 aliphatic rings. The van der Waals surface area contributed by atoms with Crippen LogP contribution < -0.4 is 31.9 Å². The second kappa shape index (κ2) is 48.8. The van der Waals surface area contributed by atoms with Gasteiger partial charge in [0.2, 0.25) is 41.4 Å². The number of ether oxygens (including phenoxy) is 1. The van der Waals surface area contributed by atoms with E-state index in [1.165, 1.54) is 185 Å². The molecule has 1 fully saturated rings. The maximum Gasteiger partial charge on any atom is 0.325 e. The standard InChI is InChI=1S/C62H108N8O9/c1-3-5-7-9-11-13-15-17-19-21-23-25-27-29-31-36-42-69(43-37-32-30-28-26-24-22-20-18-16-14-12-10-8-6-4-2)51-59(75)65-47-55(71)63-45-56(72)66-49-60(76)70-44-38-41-54(70)62(78)68-48-58(74)64-46-57(73)67-50-61(77)79-52-53-39-34-33-35-40-53/h33-35,39-40,54H,3-32,36-38,41-52H2,1-2H3,(H,63,71)(H,64,74)(H,65,75)(H,66,72)(H,67,73)(H,68,78)/t54-/m0/s1. The van der Waals surface area contributed by atoms with Crippen LogP contribution in [0, 0.1) is 0 Å². The van der Waals surface area contributed by atoms with E-state index in [4.69, 9.17) is 4.74 Å². The average Bonchev–Trinajstić information content (AvgIpc) is 3.97. The minimum atomic E-state index is -0.857. The van der Waals surface area contributed by atoms with Crippen molar-refractivity contribution in [1.29, 1.82) is 0 Å². The summed E-state index contributed by atoms with van der Waals surface area (Å²) in [6.07, 6.45) is 42.8. The third-order valence-electron chi connectivity index (χ3n) is 14.8. The first-order valence-electron chi connectivity index (χ1n) is 31.3. The lowest BCUT2D eigenvalue weighted by molar-refractivity contribution is -0.145. The van der Waals surface area contributed by atoms with Crippen LogP contribution in [-0.4, -0.2) is 129 Å². The maximum absolute atomic E-state index is 13.1. The average molecular weight is 1110 g/mol. The van der Waals surface area contributed by atoms with Crippen molar-refractivity contribution in [3.8, 4) is 0 Å². The van der Waals surface area contributed by atoms with Gasteiger partial charge in [-0.3, -0.25) is 43.3 Å². The number of nitrogens with zero attached hydrogens (tertiary/aromatic N) is 2. The lowest BCUT2D eigenvalue weighted by Gasteiger charge is -2.24. The van der Waals surface area contributed by atoms with Crippen molar-refractivity contribution in [1.82, 2.24) is 41.7 Å². The summed E-state index contributed by atoms with van der Waals surface area (Å²) in [6, 6.07) is 8.21. The van der Waals surface area contributed by atoms with Crippen LogP contribution >= 0.6 is 0 Å². The second-order valence-corrected chi connectivity index (χ2v) is 21.9. The number of benzene rings is 1. The molecule has 1 aromatic carbocycles. The molecule has 0 saturated carbocycles. The summed E-state index contributed by atoms with van der Waals surface area (Å²) in [5.41, 5.74) is 0.799. The number of hydrogen-bond acceptors (Lipinski definition) is 10. The van der Waals surface area contributed by atoms with Crippen LogP contribution in [0.3, 0.4) is 0 Å². The van der Waals surface area contributed by atoms with Crippen LogP contribution in [0.1, 0.15) is 238 Å². The van der Waals surface area contributed by atoms with Crippen LogP contribution in [0.2, 0.25) is 0 Å². The van der Waals surface area contributed by atoms with E-state index in [2.05, 4.69) is 50.6 Å². The number of esters is 1. The highest BCUT2D eigenvalue weighted by Crippen LogP contribution is 2.18. The van der Waals surface area contributed by atoms with E-state index in [0.717, 1.165) is 44.3 Å². The minimum absolute atomic E-state index is 0.0615. The van der Waals surface area contributed by atoms with Crippen molar-refractivity contribution in [2.75, 3.05) is 65.4 Å². The first-order valence-corrected chi connectivity index (χ1v) is 31.3. The number of carbonyl (C=O) groups is 8. The molecule has 2 rings (SSSR count). The van der Waals surface area contributed by atoms with Gasteiger partial charge in [0.15, 0.2) is 0 Å². The van der Waals surface area contributed by atoms with Crippen LogP contribution in [0.5, 0.6) is 0 Å². The Morgan fingerprint density at radius 1 is 0.443 bits per heavy atom. The van der Waals surface area contributed by atoms with Gasteiger partial charge in [0.25, 0.3) is 0 Å². The topological polar surface area (TPSA) is 224 Å². The van der Waals surface area contributed by atoms with Gasteiger partial charge in [0.1, 0.15) is 19.2 Å². The van der Waals surface area contributed by atoms with Gasteiger partial charge in [0.05, 0.1) is 39.3 Å². The molecule has 0 aromatic heterocycles. The highest BCUT2D eigenvalue weighted by atomic mass is 16.5. The van der Waals surface area contributed by atoms with E-state index in [1.54, 1.807) is 12.1 Å². The number of rotatable bonds is 51. The van der Waals surface area contributed by atoms with E-state index in [0.29, 0.717) is 12.8 Å². The molecular weight excluding hydrogens is 1000 g/mol. The zero-order chi connectivity index (χ0) is 57.2. The Labute approximate surface area is 476 Å². The number of amides is 7. The molecule has 1 atom stereocenters. The van der Waals surface area contributed by atoms with Crippen LogP contribution in [-0.2, 0) is 49.7 Å². The molecule has 7 amide bonds. The summed E-state index contributed by atoms with van der Waals surface area (Å²) < 4.78 is 5.11. The van der Waals surface area contributed by atoms with E-state index in [-0.39, 0.29) is 38.7 Å². The molecule has 0 aliphatic carbocycles. The van der Waals surface area contributed by atoms with Crippen LogP contribution in [0.15, 0.2) is 30.3 Å². The van der Waals surface area contributed by atoms with Crippen molar-refractivity contribution in [2.45, 2.75) is 245 Å². The number of carbonyl (C=O) groups excluding carboxylic acids is 8. The Bertz CT molecular complexity index is 1770. The van der Waals surface area contributed by atoms with Crippen molar-refractivity contribution in [3.05, 3.63) is 35.9 Å². The Morgan fingerprint density at radius 2 is 0.797 bits per heavy atom. The monoisotopic (exact) mass is 1110 g/mol.